The van der Waals surface area contributed by atoms with Gasteiger partial charge in [0.05, 0.1) is 5.56 Å². The molecule has 0 aromatic heterocycles. The fraction of sp³-hybridized carbons (Fsp3) is 0.462. The van der Waals surface area contributed by atoms with E-state index in [2.05, 4.69) is 17.6 Å². The van der Waals surface area contributed by atoms with Gasteiger partial charge in [-0.2, -0.15) is 0 Å². The summed E-state index contributed by atoms with van der Waals surface area (Å²) in [5, 5.41) is 6.10. The van der Waals surface area contributed by atoms with Crippen molar-refractivity contribution in [1.29, 1.82) is 0 Å². The van der Waals surface area contributed by atoms with Crippen molar-refractivity contribution in [1.82, 2.24) is 5.32 Å². The largest absolute Gasteiger partial charge is 0.387 e. The standard InChI is InChI=1S/C13H18N2O/c1-3-9-8-12(9)15-13(16)10-6-4-5-7-11(10)14-2/h4-7,9,12,14H,3,8H2,1-2H3,(H,15,16). The van der Waals surface area contributed by atoms with Crippen LogP contribution in [0.25, 0.3) is 0 Å². The molecule has 1 aromatic carbocycles. The Morgan fingerprint density at radius 1 is 1.44 bits per heavy atom. The van der Waals surface area contributed by atoms with Crippen LogP contribution in [0, 0.1) is 5.92 Å². The molecule has 3 heteroatoms. The Morgan fingerprint density at radius 3 is 2.81 bits per heavy atom. The molecule has 2 rings (SSSR count). The molecular weight excluding hydrogens is 200 g/mol. The summed E-state index contributed by atoms with van der Waals surface area (Å²) in [6, 6.07) is 7.97. The maximum Gasteiger partial charge on any atom is 0.253 e. The van der Waals surface area contributed by atoms with Gasteiger partial charge in [0, 0.05) is 18.8 Å². The Labute approximate surface area is 96.2 Å². The van der Waals surface area contributed by atoms with Crippen molar-refractivity contribution in [3.63, 3.8) is 0 Å². The normalized spacial score (nSPS) is 22.6. The Kier molecular flexibility index (Phi) is 3.13. The first kappa shape index (κ1) is 11.0. The summed E-state index contributed by atoms with van der Waals surface area (Å²) >= 11 is 0. The number of nitrogens with one attached hydrogen (secondary N) is 2. The zero-order valence-corrected chi connectivity index (χ0v) is 9.79. The minimum absolute atomic E-state index is 0.0332. The minimum Gasteiger partial charge on any atom is -0.387 e. The van der Waals surface area contributed by atoms with Crippen LogP contribution in [0.4, 0.5) is 5.69 Å². The predicted molar refractivity (Wildman–Crippen MR) is 65.6 cm³/mol. The van der Waals surface area contributed by atoms with Crippen molar-refractivity contribution in [2.24, 2.45) is 5.92 Å². The van der Waals surface area contributed by atoms with Crippen LogP contribution >= 0.6 is 0 Å². The maximum atomic E-state index is 12.0. The molecule has 2 unspecified atom stereocenters. The molecule has 0 saturated heterocycles. The molecule has 0 radical (unpaired) electrons. The fourth-order valence-corrected chi connectivity index (χ4v) is 2.02. The summed E-state index contributed by atoms with van der Waals surface area (Å²) < 4.78 is 0. The Bertz CT molecular complexity index is 389. The molecule has 0 bridgehead atoms. The summed E-state index contributed by atoms with van der Waals surface area (Å²) in [7, 11) is 1.83. The first-order valence-electron chi connectivity index (χ1n) is 5.84. The van der Waals surface area contributed by atoms with Crippen molar-refractivity contribution in [3.8, 4) is 0 Å². The highest BCUT2D eigenvalue weighted by atomic mass is 16.1. The topological polar surface area (TPSA) is 41.1 Å². The van der Waals surface area contributed by atoms with Crippen LogP contribution in [0.2, 0.25) is 0 Å². The van der Waals surface area contributed by atoms with Gasteiger partial charge in [0.1, 0.15) is 0 Å². The van der Waals surface area contributed by atoms with E-state index in [0.717, 1.165) is 24.1 Å². The number of amides is 1. The average molecular weight is 218 g/mol. The highest BCUT2D eigenvalue weighted by molar-refractivity contribution is 5.99. The molecule has 1 aromatic rings. The Morgan fingerprint density at radius 2 is 2.19 bits per heavy atom. The number of anilines is 1. The van der Waals surface area contributed by atoms with Crippen LogP contribution in [-0.4, -0.2) is 19.0 Å². The monoisotopic (exact) mass is 218 g/mol. The third-order valence-corrected chi connectivity index (χ3v) is 3.20. The lowest BCUT2D eigenvalue weighted by atomic mass is 10.1. The summed E-state index contributed by atoms with van der Waals surface area (Å²) in [5.41, 5.74) is 1.61. The second-order valence-corrected chi connectivity index (χ2v) is 4.28. The maximum absolute atomic E-state index is 12.0. The Balaban J connectivity index is 2.03. The van der Waals surface area contributed by atoms with E-state index in [4.69, 9.17) is 0 Å². The number of carbonyl (C=O) groups is 1. The summed E-state index contributed by atoms with van der Waals surface area (Å²) in [6.07, 6.45) is 2.28. The Hall–Kier alpha value is -1.51. The molecule has 1 aliphatic carbocycles. The molecule has 1 aliphatic rings. The molecule has 0 aliphatic heterocycles. The van der Waals surface area contributed by atoms with Crippen LogP contribution in [0.1, 0.15) is 30.1 Å². The van der Waals surface area contributed by atoms with Crippen LogP contribution in [0.5, 0.6) is 0 Å². The van der Waals surface area contributed by atoms with Crippen LogP contribution < -0.4 is 10.6 Å². The van der Waals surface area contributed by atoms with Gasteiger partial charge in [-0.25, -0.2) is 0 Å². The van der Waals surface area contributed by atoms with Gasteiger partial charge in [-0.05, 0) is 24.5 Å². The molecule has 3 nitrogen and oxygen atoms in total. The fourth-order valence-electron chi connectivity index (χ4n) is 2.02. The van der Waals surface area contributed by atoms with E-state index in [0.29, 0.717) is 12.0 Å². The van der Waals surface area contributed by atoms with E-state index in [9.17, 15) is 4.79 Å². The van der Waals surface area contributed by atoms with Crippen LogP contribution in [0.3, 0.4) is 0 Å². The van der Waals surface area contributed by atoms with Crippen molar-refractivity contribution in [2.45, 2.75) is 25.8 Å². The van der Waals surface area contributed by atoms with Gasteiger partial charge in [-0.15, -0.1) is 0 Å². The third-order valence-electron chi connectivity index (χ3n) is 3.20. The van der Waals surface area contributed by atoms with Gasteiger partial charge in [-0.1, -0.05) is 25.5 Å². The molecule has 2 N–H and O–H groups in total. The number of rotatable bonds is 4. The van der Waals surface area contributed by atoms with Gasteiger partial charge in [0.25, 0.3) is 5.91 Å². The van der Waals surface area contributed by atoms with Crippen molar-refractivity contribution >= 4 is 11.6 Å². The first-order chi connectivity index (χ1) is 7.76. The molecule has 16 heavy (non-hydrogen) atoms. The summed E-state index contributed by atoms with van der Waals surface area (Å²) in [5.74, 6) is 0.719. The quantitative estimate of drug-likeness (QED) is 0.814. The molecular formula is C13H18N2O. The molecule has 86 valence electrons. The van der Waals surface area contributed by atoms with E-state index in [1.54, 1.807) is 0 Å². The number of para-hydroxylation sites is 1. The zero-order valence-electron chi connectivity index (χ0n) is 9.79. The predicted octanol–water partition coefficient (Wildman–Crippen LogP) is 2.26. The smallest absolute Gasteiger partial charge is 0.253 e. The summed E-state index contributed by atoms with van der Waals surface area (Å²) in [4.78, 5) is 12.0. The molecule has 1 amide bonds. The van der Waals surface area contributed by atoms with E-state index >= 15 is 0 Å². The van der Waals surface area contributed by atoms with Gasteiger partial charge in [0.2, 0.25) is 0 Å². The number of hydrogen-bond donors (Lipinski definition) is 2. The van der Waals surface area contributed by atoms with E-state index in [1.807, 2.05) is 31.3 Å². The zero-order chi connectivity index (χ0) is 11.5. The van der Waals surface area contributed by atoms with Gasteiger partial charge >= 0.3 is 0 Å². The number of carbonyl (C=O) groups excluding carboxylic acids is 1. The van der Waals surface area contributed by atoms with Crippen molar-refractivity contribution < 1.29 is 4.79 Å². The molecule has 2 atom stereocenters. The molecule has 1 fully saturated rings. The van der Waals surface area contributed by atoms with E-state index in [-0.39, 0.29) is 5.91 Å². The molecule has 1 saturated carbocycles. The number of benzene rings is 1. The van der Waals surface area contributed by atoms with Crippen molar-refractivity contribution in [2.75, 3.05) is 12.4 Å². The lowest BCUT2D eigenvalue weighted by molar-refractivity contribution is 0.0950. The lowest BCUT2D eigenvalue weighted by Gasteiger charge is -2.09. The second-order valence-electron chi connectivity index (χ2n) is 4.28. The van der Waals surface area contributed by atoms with E-state index < -0.39 is 0 Å². The molecule has 0 spiro atoms. The highest BCUT2D eigenvalue weighted by Crippen LogP contribution is 2.33. The minimum atomic E-state index is 0.0332. The van der Waals surface area contributed by atoms with Gasteiger partial charge < -0.3 is 10.6 Å². The van der Waals surface area contributed by atoms with Crippen LogP contribution in [0.15, 0.2) is 24.3 Å². The summed E-state index contributed by atoms with van der Waals surface area (Å²) in [6.45, 7) is 2.17. The third kappa shape index (κ3) is 2.18. The first-order valence-corrected chi connectivity index (χ1v) is 5.84. The van der Waals surface area contributed by atoms with Crippen molar-refractivity contribution in [3.05, 3.63) is 29.8 Å². The van der Waals surface area contributed by atoms with Crippen LogP contribution in [-0.2, 0) is 0 Å². The SMILES string of the molecule is CCC1CC1NC(=O)c1ccccc1NC. The van der Waals surface area contributed by atoms with Gasteiger partial charge in [-0.3, -0.25) is 4.79 Å². The average Bonchev–Trinajstić information content (AvgIpc) is 3.07. The number of hydrogen-bond acceptors (Lipinski definition) is 2. The highest BCUT2D eigenvalue weighted by Gasteiger charge is 2.36. The molecule has 0 heterocycles. The lowest BCUT2D eigenvalue weighted by Crippen LogP contribution is -2.27. The second kappa shape index (κ2) is 4.56. The van der Waals surface area contributed by atoms with Gasteiger partial charge in [0.15, 0.2) is 0 Å². The van der Waals surface area contributed by atoms with E-state index in [1.165, 1.54) is 0 Å².